The molecule has 0 fully saturated rings. The maximum absolute atomic E-state index is 10.4. The summed E-state index contributed by atoms with van der Waals surface area (Å²) in [7, 11) is 0. The van der Waals surface area contributed by atoms with E-state index in [1.54, 1.807) is 0 Å². The molecule has 0 saturated heterocycles. The summed E-state index contributed by atoms with van der Waals surface area (Å²) in [5, 5.41) is 0.829. The summed E-state index contributed by atoms with van der Waals surface area (Å²) in [6, 6.07) is -0.783. The quantitative estimate of drug-likeness (QED) is 0.469. The van der Waals surface area contributed by atoms with E-state index in [0.29, 0.717) is 4.41 Å². The van der Waals surface area contributed by atoms with E-state index in [1.165, 1.54) is 6.20 Å². The predicted molar refractivity (Wildman–Crippen MR) is 34.5 cm³/mol. The van der Waals surface area contributed by atoms with Crippen molar-refractivity contribution in [3.05, 3.63) is 12.4 Å². The number of nitrogens with two attached hydrogens (primary N) is 1. The number of carbonyl (C=O) groups is 1. The molecule has 0 bridgehead atoms. The second-order valence-electron chi connectivity index (χ2n) is 1.65. The number of urea groups is 1. The molecule has 3 N–H and O–H groups in total. The van der Waals surface area contributed by atoms with Crippen LogP contribution in [0.2, 0.25) is 0 Å². The van der Waals surface area contributed by atoms with Crippen LogP contribution in [0.5, 0.6) is 0 Å². The summed E-state index contributed by atoms with van der Waals surface area (Å²) in [5.74, 6) is 0. The van der Waals surface area contributed by atoms with Gasteiger partial charge in [-0.2, -0.15) is 0 Å². The van der Waals surface area contributed by atoms with Crippen LogP contribution in [0.1, 0.15) is 0 Å². The van der Waals surface area contributed by atoms with Gasteiger partial charge in [-0.15, -0.1) is 5.53 Å². The van der Waals surface area contributed by atoms with Crippen molar-refractivity contribution in [1.82, 2.24) is 15.0 Å². The van der Waals surface area contributed by atoms with Crippen molar-refractivity contribution in [2.45, 2.75) is 0 Å². The van der Waals surface area contributed by atoms with E-state index < -0.39 is 17.3 Å². The van der Waals surface area contributed by atoms with E-state index >= 15 is 0 Å². The van der Waals surface area contributed by atoms with E-state index in [0.717, 1.165) is 11.2 Å². The summed E-state index contributed by atoms with van der Waals surface area (Å²) in [4.78, 5) is 10.4. The zero-order chi connectivity index (χ0) is 8.43. The number of nitrogens with zero attached hydrogens (tertiary/aromatic N) is 2. The lowest BCUT2D eigenvalue weighted by molar-refractivity contribution is 0.186. The Morgan fingerprint density at radius 1 is 1.64 bits per heavy atom. The Hall–Kier alpha value is -1.12. The van der Waals surface area contributed by atoms with Gasteiger partial charge in [-0.3, -0.25) is 4.21 Å². The molecule has 1 aliphatic heterocycles. The van der Waals surface area contributed by atoms with Gasteiger partial charge >= 0.3 is 6.03 Å². The number of nitrogens with one attached hydrogen (secondary N) is 1. The Morgan fingerprint density at radius 2 is 2.27 bits per heavy atom. The topological polar surface area (TPSA) is 102 Å². The lowest BCUT2D eigenvalue weighted by Gasteiger charge is -2.20. The predicted octanol–water partition coefficient (Wildman–Crippen LogP) is -1.63. The fraction of sp³-hybridized carbons (Fsp3) is 0. The monoisotopic (exact) mass is 177 g/mol. The third-order valence-electron chi connectivity index (χ3n) is 0.955. The largest absolute Gasteiger partial charge is 0.754 e. The van der Waals surface area contributed by atoms with Crippen LogP contribution in [0.25, 0.3) is 0 Å². The average molecular weight is 177 g/mol. The average Bonchev–Trinajstić information content (AvgIpc) is 2.33. The molecule has 0 spiro atoms. The summed E-state index contributed by atoms with van der Waals surface area (Å²) >= 11 is -2.44. The molecular formula is C3H5N4O3S-. The first-order valence-electron chi connectivity index (χ1n) is 2.53. The van der Waals surface area contributed by atoms with Crippen molar-refractivity contribution < 1.29 is 13.6 Å². The van der Waals surface area contributed by atoms with Gasteiger partial charge < -0.3 is 10.3 Å². The fourth-order valence-corrected chi connectivity index (χ4v) is 0.814. The molecule has 0 radical (unpaired) electrons. The molecule has 1 rings (SSSR count). The van der Waals surface area contributed by atoms with Gasteiger partial charge in [0.25, 0.3) is 0 Å². The minimum atomic E-state index is -2.44. The molecule has 0 saturated carbocycles. The van der Waals surface area contributed by atoms with Gasteiger partial charge in [-0.25, -0.2) is 14.2 Å². The maximum Gasteiger partial charge on any atom is 0.334 e. The third-order valence-corrected chi connectivity index (χ3v) is 1.48. The van der Waals surface area contributed by atoms with Gasteiger partial charge in [0.2, 0.25) is 0 Å². The third kappa shape index (κ3) is 1.67. The van der Waals surface area contributed by atoms with Crippen molar-refractivity contribution in [3.63, 3.8) is 0 Å². The number of rotatable bonds is 1. The normalized spacial score (nSPS) is 19.0. The Morgan fingerprint density at radius 3 is 2.55 bits per heavy atom. The molecule has 62 valence electrons. The molecular weight excluding hydrogens is 172 g/mol. The molecule has 0 aliphatic carbocycles. The molecule has 0 aromatic rings. The highest BCUT2D eigenvalue weighted by Gasteiger charge is 2.15. The Kier molecular flexibility index (Phi) is 2.08. The standard InChI is InChI=1S/C3H6N4O3S/c4-3(8)6-1-2-7(5-6)11(9)10/h1-2,5H,(H2,4,8)(H,9,10)/p-1. The Bertz CT molecular complexity index is 207. The molecule has 1 aliphatic rings. The first-order valence-corrected chi connectivity index (χ1v) is 3.56. The van der Waals surface area contributed by atoms with Gasteiger partial charge in [-0.1, -0.05) is 0 Å². The van der Waals surface area contributed by atoms with E-state index in [2.05, 4.69) is 5.53 Å². The van der Waals surface area contributed by atoms with Crippen LogP contribution in [0.3, 0.4) is 0 Å². The van der Waals surface area contributed by atoms with Crippen molar-refractivity contribution >= 4 is 17.3 Å². The number of hydrogen-bond donors (Lipinski definition) is 2. The molecule has 11 heavy (non-hydrogen) atoms. The Labute approximate surface area is 64.8 Å². The lowest BCUT2D eigenvalue weighted by atomic mass is 10.8. The van der Waals surface area contributed by atoms with Crippen LogP contribution >= 0.6 is 0 Å². The van der Waals surface area contributed by atoms with Crippen molar-refractivity contribution in [2.24, 2.45) is 5.73 Å². The fourth-order valence-electron chi connectivity index (χ4n) is 0.506. The first-order chi connectivity index (χ1) is 5.11. The van der Waals surface area contributed by atoms with Crippen molar-refractivity contribution in [2.75, 3.05) is 0 Å². The molecule has 7 nitrogen and oxygen atoms in total. The summed E-state index contributed by atoms with van der Waals surface area (Å²) < 4.78 is 21.1. The summed E-state index contributed by atoms with van der Waals surface area (Å²) in [6.45, 7) is 0. The zero-order valence-corrected chi connectivity index (χ0v) is 6.08. The van der Waals surface area contributed by atoms with Gasteiger partial charge in [-0.05, 0) is 0 Å². The van der Waals surface area contributed by atoms with Crippen LogP contribution in [0.15, 0.2) is 12.4 Å². The van der Waals surface area contributed by atoms with Crippen LogP contribution in [0.4, 0.5) is 4.79 Å². The number of amides is 2. The Balaban J connectivity index is 2.56. The summed E-state index contributed by atoms with van der Waals surface area (Å²) in [6.07, 6.45) is 2.34. The SMILES string of the molecule is NC(=O)N1C=CN(S(=O)[O-])N1. The summed E-state index contributed by atoms with van der Waals surface area (Å²) in [5.41, 5.74) is 6.96. The lowest BCUT2D eigenvalue weighted by Crippen LogP contribution is -2.45. The van der Waals surface area contributed by atoms with Gasteiger partial charge in [0.1, 0.15) is 0 Å². The molecule has 0 aromatic carbocycles. The van der Waals surface area contributed by atoms with Crippen molar-refractivity contribution in [1.29, 1.82) is 0 Å². The van der Waals surface area contributed by atoms with Gasteiger partial charge in [0, 0.05) is 12.4 Å². The van der Waals surface area contributed by atoms with Crippen LogP contribution in [-0.2, 0) is 11.3 Å². The second kappa shape index (κ2) is 2.86. The minimum Gasteiger partial charge on any atom is -0.754 e. The second-order valence-corrected chi connectivity index (χ2v) is 2.48. The van der Waals surface area contributed by atoms with Crippen LogP contribution < -0.4 is 11.3 Å². The highest BCUT2D eigenvalue weighted by Crippen LogP contribution is 2.00. The smallest absolute Gasteiger partial charge is 0.334 e. The molecule has 8 heteroatoms. The maximum atomic E-state index is 10.4. The van der Waals surface area contributed by atoms with E-state index in [9.17, 15) is 13.6 Å². The molecule has 0 aromatic heterocycles. The van der Waals surface area contributed by atoms with E-state index in [1.807, 2.05) is 0 Å². The van der Waals surface area contributed by atoms with Gasteiger partial charge in [0.05, 0.1) is 11.3 Å². The van der Waals surface area contributed by atoms with Crippen LogP contribution in [-0.4, -0.2) is 24.2 Å². The number of primary amides is 1. The first kappa shape index (κ1) is 7.98. The molecule has 2 amide bonds. The zero-order valence-electron chi connectivity index (χ0n) is 5.26. The number of carbonyl (C=O) groups excluding carboxylic acids is 1. The highest BCUT2D eigenvalue weighted by atomic mass is 32.2. The number of hydrazine groups is 2. The highest BCUT2D eigenvalue weighted by molar-refractivity contribution is 7.76. The van der Waals surface area contributed by atoms with Crippen molar-refractivity contribution in [3.8, 4) is 0 Å². The molecule has 1 unspecified atom stereocenters. The van der Waals surface area contributed by atoms with E-state index in [-0.39, 0.29) is 0 Å². The van der Waals surface area contributed by atoms with Crippen LogP contribution in [0, 0.1) is 0 Å². The van der Waals surface area contributed by atoms with Gasteiger partial charge in [0.15, 0.2) is 0 Å². The minimum absolute atomic E-state index is 0.699. The molecule has 1 atom stereocenters. The molecule has 1 heterocycles. The number of hydrogen-bond acceptors (Lipinski definition) is 4. The van der Waals surface area contributed by atoms with E-state index in [4.69, 9.17) is 5.73 Å².